The zero-order chi connectivity index (χ0) is 9.54. The Morgan fingerprint density at radius 3 is 2.93 bits per heavy atom. The summed E-state index contributed by atoms with van der Waals surface area (Å²) in [6.07, 6.45) is 4.41. The number of carbonyl (C=O) groups excluding carboxylic acids is 1. The van der Waals surface area contributed by atoms with Gasteiger partial charge < -0.3 is 0 Å². The molecule has 1 fully saturated rings. The first-order valence-electron chi connectivity index (χ1n) is 5.48. The number of carbonyl (C=O) groups is 1. The molecule has 2 aliphatic carbocycles. The Bertz CT molecular complexity index is 381. The highest BCUT2D eigenvalue weighted by atomic mass is 16.1. The molecule has 2 bridgehead atoms. The fourth-order valence-corrected chi connectivity index (χ4v) is 2.97. The number of fused-ring (bicyclic) bond motifs is 4. The molecule has 0 aromatic heterocycles. The minimum atomic E-state index is 0.235. The first kappa shape index (κ1) is 8.22. The maximum absolute atomic E-state index is 12.0. The number of rotatable bonds is 0. The van der Waals surface area contributed by atoms with Crippen molar-refractivity contribution in [2.45, 2.75) is 31.6 Å². The molecule has 0 aliphatic heterocycles. The van der Waals surface area contributed by atoms with Crippen LogP contribution in [0.2, 0.25) is 0 Å². The first-order chi connectivity index (χ1) is 6.86. The summed E-state index contributed by atoms with van der Waals surface area (Å²) in [5.41, 5.74) is 2.73. The molecule has 3 rings (SSSR count). The van der Waals surface area contributed by atoms with Crippen LogP contribution in [0.25, 0.3) is 0 Å². The van der Waals surface area contributed by atoms with Gasteiger partial charge in [0.1, 0.15) is 5.78 Å². The third-order valence-electron chi connectivity index (χ3n) is 3.69. The van der Waals surface area contributed by atoms with Gasteiger partial charge in [0.15, 0.2) is 0 Å². The molecule has 0 spiro atoms. The van der Waals surface area contributed by atoms with E-state index in [1.165, 1.54) is 17.5 Å². The Morgan fingerprint density at radius 1 is 1.14 bits per heavy atom. The molecule has 2 atom stereocenters. The van der Waals surface area contributed by atoms with E-state index in [1.54, 1.807) is 0 Å². The largest absolute Gasteiger partial charge is 0.299 e. The van der Waals surface area contributed by atoms with Gasteiger partial charge in [0.25, 0.3) is 0 Å². The van der Waals surface area contributed by atoms with Crippen LogP contribution in [-0.2, 0) is 11.2 Å². The predicted molar refractivity (Wildman–Crippen MR) is 55.2 cm³/mol. The lowest BCUT2D eigenvalue weighted by Gasteiger charge is -2.34. The average Bonchev–Trinajstić information content (AvgIpc) is 2.18. The quantitative estimate of drug-likeness (QED) is 0.609. The van der Waals surface area contributed by atoms with Gasteiger partial charge in [0, 0.05) is 11.8 Å². The second-order valence-electron chi connectivity index (χ2n) is 4.49. The van der Waals surface area contributed by atoms with Crippen molar-refractivity contribution >= 4 is 5.78 Å². The van der Waals surface area contributed by atoms with Gasteiger partial charge in [0.05, 0.1) is 0 Å². The van der Waals surface area contributed by atoms with Crippen molar-refractivity contribution in [2.75, 3.05) is 0 Å². The highest BCUT2D eigenvalue weighted by Gasteiger charge is 2.37. The van der Waals surface area contributed by atoms with Crippen molar-refractivity contribution in [3.8, 4) is 0 Å². The first-order valence-corrected chi connectivity index (χ1v) is 5.48. The molecule has 2 aliphatic rings. The molecule has 0 amide bonds. The van der Waals surface area contributed by atoms with E-state index in [1.807, 2.05) is 0 Å². The van der Waals surface area contributed by atoms with Crippen molar-refractivity contribution < 1.29 is 4.79 Å². The number of Topliss-reactive ketones (excluding diaryl/α,β-unsaturated/α-hetero) is 1. The fraction of sp³-hybridized carbons (Fsp3) is 0.462. The van der Waals surface area contributed by atoms with Crippen molar-refractivity contribution in [3.63, 3.8) is 0 Å². The van der Waals surface area contributed by atoms with Crippen molar-refractivity contribution in [1.29, 1.82) is 0 Å². The highest BCUT2D eigenvalue weighted by Crippen LogP contribution is 2.40. The number of hydrogen-bond donors (Lipinski definition) is 0. The lowest BCUT2D eigenvalue weighted by atomic mass is 9.68. The Kier molecular flexibility index (Phi) is 1.73. The van der Waals surface area contributed by atoms with Crippen LogP contribution in [0.4, 0.5) is 0 Å². The average molecular weight is 186 g/mol. The molecule has 0 N–H and O–H groups in total. The van der Waals surface area contributed by atoms with E-state index in [4.69, 9.17) is 0 Å². The van der Waals surface area contributed by atoms with Gasteiger partial charge in [-0.25, -0.2) is 0 Å². The summed E-state index contributed by atoms with van der Waals surface area (Å²) in [5, 5.41) is 0. The molecule has 0 unspecified atom stereocenters. The molecular weight excluding hydrogens is 172 g/mol. The van der Waals surface area contributed by atoms with Crippen LogP contribution in [0.15, 0.2) is 24.3 Å². The normalized spacial score (nSPS) is 29.9. The second-order valence-corrected chi connectivity index (χ2v) is 4.49. The highest BCUT2D eigenvalue weighted by molar-refractivity contribution is 5.90. The van der Waals surface area contributed by atoms with Crippen LogP contribution in [0.3, 0.4) is 0 Å². The molecule has 1 aromatic rings. The minimum Gasteiger partial charge on any atom is -0.299 e. The summed E-state index contributed by atoms with van der Waals surface area (Å²) >= 11 is 0. The fourth-order valence-electron chi connectivity index (χ4n) is 2.97. The zero-order valence-corrected chi connectivity index (χ0v) is 8.20. The monoisotopic (exact) mass is 186 g/mol. The Morgan fingerprint density at radius 2 is 2.00 bits per heavy atom. The number of hydrogen-bond acceptors (Lipinski definition) is 1. The molecule has 1 aromatic carbocycles. The van der Waals surface area contributed by atoms with Gasteiger partial charge in [-0.1, -0.05) is 30.7 Å². The van der Waals surface area contributed by atoms with Crippen LogP contribution in [0.1, 0.15) is 36.3 Å². The molecule has 0 heterocycles. The standard InChI is InChI=1S/C13H14O/c14-13-10-5-3-7-12(13)11-6-2-1-4-9(11)8-10/h1-2,4,6,10,12H,3,5,7-8H2/t10-,12+/m1/s1. The van der Waals surface area contributed by atoms with E-state index in [9.17, 15) is 4.79 Å². The Balaban J connectivity index is 2.13. The van der Waals surface area contributed by atoms with Crippen LogP contribution >= 0.6 is 0 Å². The van der Waals surface area contributed by atoms with Gasteiger partial charge >= 0.3 is 0 Å². The van der Waals surface area contributed by atoms with Gasteiger partial charge in [-0.15, -0.1) is 0 Å². The van der Waals surface area contributed by atoms with Crippen LogP contribution in [0.5, 0.6) is 0 Å². The van der Waals surface area contributed by atoms with E-state index in [0.717, 1.165) is 19.3 Å². The van der Waals surface area contributed by atoms with Crippen LogP contribution in [0, 0.1) is 5.92 Å². The topological polar surface area (TPSA) is 17.1 Å². The van der Waals surface area contributed by atoms with Crippen molar-refractivity contribution in [3.05, 3.63) is 35.4 Å². The summed E-state index contributed by atoms with van der Waals surface area (Å²) in [4.78, 5) is 12.0. The van der Waals surface area contributed by atoms with Gasteiger partial charge in [0.2, 0.25) is 0 Å². The van der Waals surface area contributed by atoms with E-state index in [-0.39, 0.29) is 5.92 Å². The van der Waals surface area contributed by atoms with Crippen molar-refractivity contribution in [2.24, 2.45) is 5.92 Å². The summed E-state index contributed by atoms with van der Waals surface area (Å²) < 4.78 is 0. The van der Waals surface area contributed by atoms with Gasteiger partial charge in [-0.05, 0) is 30.4 Å². The summed E-state index contributed by atoms with van der Waals surface area (Å²) in [6, 6.07) is 8.47. The predicted octanol–water partition coefficient (Wildman–Crippen LogP) is 2.70. The maximum atomic E-state index is 12.0. The van der Waals surface area contributed by atoms with E-state index >= 15 is 0 Å². The molecule has 1 nitrogen and oxygen atoms in total. The van der Waals surface area contributed by atoms with E-state index in [0.29, 0.717) is 11.7 Å². The Labute approximate surface area is 84.1 Å². The van der Waals surface area contributed by atoms with E-state index in [2.05, 4.69) is 24.3 Å². The van der Waals surface area contributed by atoms with Crippen molar-refractivity contribution in [1.82, 2.24) is 0 Å². The molecule has 0 saturated heterocycles. The molecule has 72 valence electrons. The van der Waals surface area contributed by atoms with E-state index < -0.39 is 0 Å². The summed E-state index contributed by atoms with van der Waals surface area (Å²) in [6.45, 7) is 0. The SMILES string of the molecule is O=C1[C@@H]2CCC[C@H]1c1ccccc1C2. The van der Waals surface area contributed by atoms with Gasteiger partial charge in [-0.3, -0.25) is 4.79 Å². The van der Waals surface area contributed by atoms with Crippen LogP contribution in [-0.4, -0.2) is 5.78 Å². The number of ketones is 1. The smallest absolute Gasteiger partial charge is 0.143 e. The molecule has 14 heavy (non-hydrogen) atoms. The van der Waals surface area contributed by atoms with Crippen LogP contribution < -0.4 is 0 Å². The lowest BCUT2D eigenvalue weighted by Crippen LogP contribution is -2.33. The Hall–Kier alpha value is -1.11. The second kappa shape index (κ2) is 2.94. The maximum Gasteiger partial charge on any atom is 0.143 e. The minimum absolute atomic E-state index is 0.235. The van der Waals surface area contributed by atoms with Gasteiger partial charge in [-0.2, -0.15) is 0 Å². The summed E-state index contributed by atoms with van der Waals surface area (Å²) in [5.74, 6) is 1.08. The number of benzene rings is 1. The third-order valence-corrected chi connectivity index (χ3v) is 3.69. The molecule has 0 radical (unpaired) electrons. The lowest BCUT2D eigenvalue weighted by molar-refractivity contribution is -0.126. The molecule has 1 heteroatoms. The summed E-state index contributed by atoms with van der Waals surface area (Å²) in [7, 11) is 0. The third kappa shape index (κ3) is 1.05. The zero-order valence-electron chi connectivity index (χ0n) is 8.20. The molecule has 1 saturated carbocycles. The molecular formula is C13H14O.